The third kappa shape index (κ3) is 34.6. The highest BCUT2D eigenvalue weighted by molar-refractivity contribution is 5.78. The van der Waals surface area contributed by atoms with E-state index in [-0.39, 0.29) is 45.4 Å². The summed E-state index contributed by atoms with van der Waals surface area (Å²) in [6.45, 7) is 45.7. The maximum absolute atomic E-state index is 12.7. The third-order valence-electron chi connectivity index (χ3n) is 19.2. The standard InChI is InChI=1S/C41H65NO4.C24H42O.C23H38O3/c1-38(2,3)31-24-28(25-32(36(31)45)39(4,5)6)19-21-30(43)18-16-14-13-15-17-23-42-35(44)22-20-29-26-33(40(7,8)9)37(46)34(27-29)41(10,11)12;1-5-6-7-8-9-10-11-12-13-14-15-16-17-21(3)23-19-20(2)18-22(4)24(23)25;1-6-7-8-9-10-11-14-26-22(24)13-12-19-15-20(17(2)3)23(25)21(16-19)18(4)5/h24-27,45-46H,13-23H2,1-12H3,(H,42,44);18-19,21,25H,5-17H2,1-4H3;15-18,25H,6-14H2,1-5H3. The van der Waals surface area contributed by atoms with Gasteiger partial charge in [-0.1, -0.05) is 314 Å². The summed E-state index contributed by atoms with van der Waals surface area (Å²) in [7, 11) is 0. The summed E-state index contributed by atoms with van der Waals surface area (Å²) in [6, 6.07) is 16.6. The number of aryl methyl sites for hydroxylation is 5. The molecule has 4 aromatic carbocycles. The van der Waals surface area contributed by atoms with Crippen LogP contribution in [0.25, 0.3) is 0 Å². The van der Waals surface area contributed by atoms with Gasteiger partial charge in [0, 0.05) is 32.2 Å². The number of rotatable bonds is 40. The van der Waals surface area contributed by atoms with Crippen molar-refractivity contribution < 1.29 is 39.5 Å². The SMILES string of the molecule is CC(C)(C)c1cc(CCC(=O)CCCCCCCNC(=O)CCc2cc(C(C)(C)C)c(O)c(C(C)(C)C)c2)cc(C(C)(C)C)c1O.CCCCCCCCCCCCCCC(C)c1cc(C)cc(C)c1O.CCCCCCCCOC(=O)CCc1cc(C(C)C)c(O)c(C(C)C)c1. The second kappa shape index (κ2) is 44.7. The molecule has 5 N–H and O–H groups in total. The molecular formula is C88H145NO8. The summed E-state index contributed by atoms with van der Waals surface area (Å²) in [5, 5.41) is 45.7. The zero-order valence-electron chi connectivity index (χ0n) is 66.1. The number of phenolic OH excluding ortho intramolecular Hbond substituents is 4. The van der Waals surface area contributed by atoms with Crippen LogP contribution in [0.2, 0.25) is 0 Å². The molecule has 1 atom stereocenters. The molecule has 0 aliphatic heterocycles. The second-order valence-corrected chi connectivity index (χ2v) is 33.5. The van der Waals surface area contributed by atoms with Gasteiger partial charge >= 0.3 is 5.97 Å². The molecule has 0 bridgehead atoms. The minimum atomic E-state index is -0.184. The predicted octanol–water partition coefficient (Wildman–Crippen LogP) is 24.6. The van der Waals surface area contributed by atoms with Crippen molar-refractivity contribution in [3.63, 3.8) is 0 Å². The number of nitrogens with one attached hydrogen (secondary N) is 1. The van der Waals surface area contributed by atoms with Crippen molar-refractivity contribution in [1.29, 1.82) is 0 Å². The fraction of sp³-hybridized carbons (Fsp3) is 0.693. The molecule has 0 heterocycles. The molecule has 4 aromatic rings. The van der Waals surface area contributed by atoms with E-state index in [0.717, 1.165) is 106 Å². The monoisotopic (exact) mass is 1340 g/mol. The van der Waals surface area contributed by atoms with Crippen molar-refractivity contribution in [2.24, 2.45) is 0 Å². The number of amides is 1. The van der Waals surface area contributed by atoms with Crippen LogP contribution in [0.4, 0.5) is 0 Å². The number of benzene rings is 4. The first-order valence-corrected chi connectivity index (χ1v) is 38.8. The van der Waals surface area contributed by atoms with Gasteiger partial charge in [0.05, 0.1) is 6.61 Å². The molecule has 0 saturated carbocycles. The van der Waals surface area contributed by atoms with E-state index in [1.807, 2.05) is 19.1 Å². The van der Waals surface area contributed by atoms with E-state index in [0.29, 0.717) is 92.8 Å². The van der Waals surface area contributed by atoms with E-state index in [9.17, 15) is 34.8 Å². The Morgan fingerprint density at radius 1 is 0.402 bits per heavy atom. The van der Waals surface area contributed by atoms with Gasteiger partial charge in [-0.15, -0.1) is 0 Å². The molecule has 0 fully saturated rings. The van der Waals surface area contributed by atoms with Gasteiger partial charge in [-0.05, 0) is 159 Å². The van der Waals surface area contributed by atoms with Gasteiger partial charge in [0.25, 0.3) is 0 Å². The highest BCUT2D eigenvalue weighted by Crippen LogP contribution is 2.42. The average Bonchev–Trinajstić information content (AvgIpc) is 0.799. The number of Topliss-reactive ketones (excluding diaryl/α,β-unsaturated/α-hetero) is 1. The third-order valence-corrected chi connectivity index (χ3v) is 19.2. The topological polar surface area (TPSA) is 153 Å². The van der Waals surface area contributed by atoms with Crippen LogP contribution in [0, 0.1) is 13.8 Å². The number of hydrogen-bond donors (Lipinski definition) is 5. The highest BCUT2D eigenvalue weighted by Gasteiger charge is 2.29. The maximum Gasteiger partial charge on any atom is 0.306 e. The largest absolute Gasteiger partial charge is 0.507 e. The second-order valence-electron chi connectivity index (χ2n) is 33.5. The van der Waals surface area contributed by atoms with Crippen molar-refractivity contribution >= 4 is 17.7 Å². The van der Waals surface area contributed by atoms with E-state index in [2.05, 4.69) is 180 Å². The van der Waals surface area contributed by atoms with Crippen LogP contribution < -0.4 is 5.32 Å². The number of ether oxygens (including phenoxy) is 1. The van der Waals surface area contributed by atoms with Crippen molar-refractivity contribution in [3.8, 4) is 23.0 Å². The summed E-state index contributed by atoms with van der Waals surface area (Å²) in [5.41, 5.74) is 11.7. The zero-order chi connectivity index (χ0) is 73.1. The van der Waals surface area contributed by atoms with Crippen molar-refractivity contribution in [3.05, 3.63) is 115 Å². The van der Waals surface area contributed by atoms with Crippen molar-refractivity contribution in [2.45, 2.75) is 384 Å². The number of esters is 1. The van der Waals surface area contributed by atoms with Crippen molar-refractivity contribution in [2.75, 3.05) is 13.2 Å². The molecular weight excluding hydrogens is 1200 g/mol. The molecule has 0 aliphatic carbocycles. The number of carbonyl (C=O) groups excluding carboxylic acids is 3. The normalized spacial score (nSPS) is 12.3. The number of aromatic hydroxyl groups is 4. The van der Waals surface area contributed by atoms with Crippen LogP contribution >= 0.6 is 0 Å². The first-order chi connectivity index (χ1) is 45.4. The summed E-state index contributed by atoms with van der Waals surface area (Å²) >= 11 is 0. The fourth-order valence-corrected chi connectivity index (χ4v) is 12.9. The lowest BCUT2D eigenvalue weighted by molar-refractivity contribution is -0.143. The molecule has 0 aromatic heterocycles. The first kappa shape index (κ1) is 87.8. The van der Waals surface area contributed by atoms with E-state index >= 15 is 0 Å². The molecule has 0 saturated heterocycles. The Labute approximate surface area is 594 Å². The zero-order valence-corrected chi connectivity index (χ0v) is 66.1. The van der Waals surface area contributed by atoms with Crippen LogP contribution in [-0.2, 0) is 60.0 Å². The molecule has 0 spiro atoms. The van der Waals surface area contributed by atoms with Crippen molar-refractivity contribution in [1.82, 2.24) is 5.32 Å². The van der Waals surface area contributed by atoms with Crippen LogP contribution in [0.15, 0.2) is 48.5 Å². The van der Waals surface area contributed by atoms with Crippen LogP contribution in [0.3, 0.4) is 0 Å². The number of unbranched alkanes of at least 4 members (excludes halogenated alkanes) is 20. The smallest absolute Gasteiger partial charge is 0.306 e. The van der Waals surface area contributed by atoms with Crippen LogP contribution in [-0.4, -0.2) is 51.2 Å². The van der Waals surface area contributed by atoms with Crippen LogP contribution in [0.1, 0.15) is 396 Å². The summed E-state index contributed by atoms with van der Waals surface area (Å²) in [4.78, 5) is 37.2. The molecule has 9 nitrogen and oxygen atoms in total. The Hall–Kier alpha value is -5.31. The van der Waals surface area contributed by atoms with E-state index in [1.165, 1.54) is 115 Å². The highest BCUT2D eigenvalue weighted by atomic mass is 16.5. The first-order valence-electron chi connectivity index (χ1n) is 38.8. The fourth-order valence-electron chi connectivity index (χ4n) is 12.9. The van der Waals surface area contributed by atoms with Gasteiger partial charge in [0.15, 0.2) is 0 Å². The number of carbonyl (C=O) groups is 3. The molecule has 0 radical (unpaired) electrons. The lowest BCUT2D eigenvalue weighted by Crippen LogP contribution is -2.24. The maximum atomic E-state index is 12.7. The Morgan fingerprint density at radius 3 is 1.20 bits per heavy atom. The Kier molecular flexibility index (Phi) is 40.5. The number of phenols is 4. The molecule has 9 heteroatoms. The lowest BCUT2D eigenvalue weighted by Gasteiger charge is -2.28. The van der Waals surface area contributed by atoms with Gasteiger partial charge in [-0.25, -0.2) is 0 Å². The Morgan fingerprint density at radius 2 is 0.773 bits per heavy atom. The molecule has 1 amide bonds. The quantitative estimate of drug-likeness (QED) is 0.0218. The Balaban J connectivity index is 0.000000534. The van der Waals surface area contributed by atoms with Gasteiger partial charge < -0.3 is 30.5 Å². The molecule has 0 aliphatic rings. The summed E-state index contributed by atoms with van der Waals surface area (Å²) in [6.07, 6.45) is 34.1. The molecule has 4 rings (SSSR count). The number of hydrogen-bond acceptors (Lipinski definition) is 8. The minimum Gasteiger partial charge on any atom is -0.507 e. The van der Waals surface area contributed by atoms with Gasteiger partial charge in [-0.2, -0.15) is 0 Å². The van der Waals surface area contributed by atoms with Gasteiger partial charge in [0.1, 0.15) is 28.8 Å². The lowest BCUT2D eigenvalue weighted by atomic mass is 9.78. The molecule has 550 valence electrons. The summed E-state index contributed by atoms with van der Waals surface area (Å²) in [5.74, 6) is 2.88. The molecule has 1 unspecified atom stereocenters. The van der Waals surface area contributed by atoms with E-state index in [1.54, 1.807) is 0 Å². The predicted molar refractivity (Wildman–Crippen MR) is 414 cm³/mol. The Bertz CT molecular complexity index is 2720. The van der Waals surface area contributed by atoms with E-state index in [4.69, 9.17) is 4.74 Å². The van der Waals surface area contributed by atoms with E-state index < -0.39 is 0 Å². The summed E-state index contributed by atoms with van der Waals surface area (Å²) < 4.78 is 5.36. The van der Waals surface area contributed by atoms with Crippen LogP contribution in [0.5, 0.6) is 23.0 Å². The average molecular weight is 1350 g/mol. The minimum absolute atomic E-state index is 0.0613. The number of ketones is 1. The van der Waals surface area contributed by atoms with Gasteiger partial charge in [-0.3, -0.25) is 14.4 Å². The molecule has 97 heavy (non-hydrogen) atoms. The van der Waals surface area contributed by atoms with Gasteiger partial charge in [0.2, 0.25) is 5.91 Å².